The third kappa shape index (κ3) is 3.61. The van der Waals surface area contributed by atoms with E-state index in [0.29, 0.717) is 19.1 Å². The highest BCUT2D eigenvalue weighted by atomic mass is 32.2. The number of nitrogens with zero attached hydrogens (tertiary/aromatic N) is 1. The predicted octanol–water partition coefficient (Wildman–Crippen LogP) is 0.718. The predicted molar refractivity (Wildman–Crippen MR) is 74.0 cm³/mol. The average molecular weight is 275 g/mol. The summed E-state index contributed by atoms with van der Waals surface area (Å²) in [5.41, 5.74) is 0.0807. The second kappa shape index (κ2) is 7.10. The van der Waals surface area contributed by atoms with Crippen LogP contribution in [-0.2, 0) is 4.74 Å². The van der Waals surface area contributed by atoms with Crippen molar-refractivity contribution in [3.63, 3.8) is 0 Å². The first-order valence-electron chi connectivity index (χ1n) is 6.97. The van der Waals surface area contributed by atoms with E-state index < -0.39 is 0 Å². The Kier molecular flexibility index (Phi) is 5.76. The molecule has 0 aromatic carbocycles. The number of hydrogen-bond donors (Lipinski definition) is 2. The molecule has 0 aromatic rings. The van der Waals surface area contributed by atoms with Crippen LogP contribution < -0.4 is 0 Å². The molecule has 0 saturated carbocycles. The molecule has 2 heterocycles. The van der Waals surface area contributed by atoms with Gasteiger partial charge in [0.1, 0.15) is 0 Å². The minimum Gasteiger partial charge on any atom is -0.395 e. The molecule has 2 aliphatic heterocycles. The molecule has 0 aliphatic carbocycles. The molecule has 1 atom stereocenters. The quantitative estimate of drug-likeness (QED) is 0.774. The molecule has 18 heavy (non-hydrogen) atoms. The van der Waals surface area contributed by atoms with Gasteiger partial charge in [-0.2, -0.15) is 11.8 Å². The Morgan fingerprint density at radius 2 is 1.83 bits per heavy atom. The first kappa shape index (κ1) is 14.6. The minimum absolute atomic E-state index is 0.0807. The van der Waals surface area contributed by atoms with Gasteiger partial charge in [0.15, 0.2) is 0 Å². The summed E-state index contributed by atoms with van der Waals surface area (Å²) in [7, 11) is 0. The second-order valence-corrected chi connectivity index (χ2v) is 6.50. The van der Waals surface area contributed by atoms with E-state index in [-0.39, 0.29) is 18.8 Å². The molecule has 4 nitrogen and oxygen atoms in total. The summed E-state index contributed by atoms with van der Waals surface area (Å²) in [6.07, 6.45) is 4.39. The van der Waals surface area contributed by atoms with Gasteiger partial charge in [-0.25, -0.2) is 0 Å². The van der Waals surface area contributed by atoms with Crippen LogP contribution in [0.15, 0.2) is 0 Å². The molecular formula is C13H25NO3S. The monoisotopic (exact) mass is 275 g/mol. The average Bonchev–Trinajstić information content (AvgIpc) is 2.39. The van der Waals surface area contributed by atoms with Crippen molar-refractivity contribution in [3.8, 4) is 0 Å². The number of hydrogen-bond acceptors (Lipinski definition) is 5. The maximum Gasteiger partial charge on any atom is 0.0713 e. The molecule has 2 fully saturated rings. The van der Waals surface area contributed by atoms with Crippen molar-refractivity contribution in [1.82, 2.24) is 4.90 Å². The van der Waals surface area contributed by atoms with Crippen molar-refractivity contribution in [2.75, 3.05) is 44.4 Å². The van der Waals surface area contributed by atoms with E-state index in [2.05, 4.69) is 4.90 Å². The van der Waals surface area contributed by atoms with Crippen molar-refractivity contribution in [1.29, 1.82) is 0 Å². The summed E-state index contributed by atoms with van der Waals surface area (Å²) >= 11 is 2.02. The zero-order valence-electron chi connectivity index (χ0n) is 11.0. The van der Waals surface area contributed by atoms with Gasteiger partial charge in [-0.15, -0.1) is 0 Å². The zero-order valence-corrected chi connectivity index (χ0v) is 11.8. The van der Waals surface area contributed by atoms with E-state index in [0.717, 1.165) is 32.3 Å². The number of aliphatic hydroxyl groups is 2. The molecular weight excluding hydrogens is 250 g/mol. The zero-order chi connectivity index (χ0) is 12.8. The largest absolute Gasteiger partial charge is 0.395 e. The van der Waals surface area contributed by atoms with Crippen molar-refractivity contribution in [3.05, 3.63) is 0 Å². The summed E-state index contributed by atoms with van der Waals surface area (Å²) in [5, 5.41) is 18.3. The SMILES string of the molecule is OCCN(CCO)C1CCOC2(CCSCC2)C1. The van der Waals surface area contributed by atoms with E-state index in [1.807, 2.05) is 11.8 Å². The van der Waals surface area contributed by atoms with Gasteiger partial charge in [-0.1, -0.05) is 0 Å². The standard InChI is InChI=1S/C13H25NO3S/c15-6-4-14(5-7-16)12-1-8-17-13(11-12)2-9-18-10-3-13/h12,15-16H,1-11H2. The van der Waals surface area contributed by atoms with E-state index in [4.69, 9.17) is 14.9 Å². The van der Waals surface area contributed by atoms with Gasteiger partial charge >= 0.3 is 0 Å². The normalized spacial score (nSPS) is 27.8. The minimum atomic E-state index is 0.0807. The van der Waals surface area contributed by atoms with Gasteiger partial charge in [0.2, 0.25) is 0 Å². The Labute approximate surface area is 114 Å². The van der Waals surface area contributed by atoms with Gasteiger partial charge in [0, 0.05) is 25.7 Å². The Morgan fingerprint density at radius 1 is 1.17 bits per heavy atom. The molecule has 0 aromatic heterocycles. The second-order valence-electron chi connectivity index (χ2n) is 5.27. The fourth-order valence-corrected chi connectivity index (χ4v) is 4.38. The lowest BCUT2D eigenvalue weighted by molar-refractivity contribution is -0.112. The first-order chi connectivity index (χ1) is 8.79. The molecule has 0 amide bonds. The summed E-state index contributed by atoms with van der Waals surface area (Å²) < 4.78 is 6.08. The van der Waals surface area contributed by atoms with Crippen LogP contribution >= 0.6 is 11.8 Å². The highest BCUT2D eigenvalue weighted by Crippen LogP contribution is 2.38. The van der Waals surface area contributed by atoms with Crippen LogP contribution in [0.5, 0.6) is 0 Å². The third-order valence-corrected chi connectivity index (χ3v) is 5.15. The fraction of sp³-hybridized carbons (Fsp3) is 1.00. The molecule has 106 valence electrons. The van der Waals surface area contributed by atoms with E-state index in [1.54, 1.807) is 0 Å². The van der Waals surface area contributed by atoms with Crippen molar-refractivity contribution in [2.45, 2.75) is 37.3 Å². The van der Waals surface area contributed by atoms with Crippen LogP contribution in [0.2, 0.25) is 0 Å². The van der Waals surface area contributed by atoms with Gasteiger partial charge in [0.25, 0.3) is 0 Å². The van der Waals surface area contributed by atoms with Crippen molar-refractivity contribution >= 4 is 11.8 Å². The molecule has 2 saturated heterocycles. The highest BCUT2D eigenvalue weighted by Gasteiger charge is 2.40. The van der Waals surface area contributed by atoms with Gasteiger partial charge in [-0.05, 0) is 37.2 Å². The number of thioether (sulfide) groups is 1. The fourth-order valence-electron chi connectivity index (χ4n) is 3.14. The van der Waals surface area contributed by atoms with Crippen LogP contribution in [0.3, 0.4) is 0 Å². The van der Waals surface area contributed by atoms with Crippen LogP contribution in [0, 0.1) is 0 Å². The molecule has 2 rings (SSSR count). The van der Waals surface area contributed by atoms with Crippen LogP contribution in [0.25, 0.3) is 0 Å². The molecule has 1 unspecified atom stereocenters. The maximum atomic E-state index is 9.14. The van der Waals surface area contributed by atoms with E-state index in [9.17, 15) is 0 Å². The highest BCUT2D eigenvalue weighted by molar-refractivity contribution is 7.99. The van der Waals surface area contributed by atoms with Crippen LogP contribution in [-0.4, -0.2) is 71.2 Å². The van der Waals surface area contributed by atoms with Crippen LogP contribution in [0.4, 0.5) is 0 Å². The number of aliphatic hydroxyl groups excluding tert-OH is 2. The summed E-state index contributed by atoms with van der Waals surface area (Å²) in [5.74, 6) is 2.40. The van der Waals surface area contributed by atoms with Gasteiger partial charge in [-0.3, -0.25) is 4.90 Å². The summed E-state index contributed by atoms with van der Waals surface area (Å²) in [6, 6.07) is 0.459. The lowest BCUT2D eigenvalue weighted by atomic mass is 9.85. The van der Waals surface area contributed by atoms with Crippen LogP contribution in [0.1, 0.15) is 25.7 Å². The Bertz CT molecular complexity index is 235. The molecule has 1 spiro atoms. The molecule has 0 bridgehead atoms. The summed E-state index contributed by atoms with van der Waals surface area (Å²) in [6.45, 7) is 2.48. The van der Waals surface area contributed by atoms with E-state index >= 15 is 0 Å². The Morgan fingerprint density at radius 3 is 2.44 bits per heavy atom. The Balaban J connectivity index is 1.95. The molecule has 5 heteroatoms. The molecule has 2 aliphatic rings. The number of rotatable bonds is 5. The van der Waals surface area contributed by atoms with Gasteiger partial charge in [0.05, 0.1) is 18.8 Å². The number of ether oxygens (including phenoxy) is 1. The topological polar surface area (TPSA) is 52.9 Å². The first-order valence-corrected chi connectivity index (χ1v) is 8.13. The van der Waals surface area contributed by atoms with Crippen molar-refractivity contribution < 1.29 is 14.9 Å². The lowest BCUT2D eigenvalue weighted by Crippen LogP contribution is -2.51. The third-order valence-electron chi connectivity index (χ3n) is 4.16. The van der Waals surface area contributed by atoms with Gasteiger partial charge < -0.3 is 14.9 Å². The lowest BCUT2D eigenvalue weighted by Gasteiger charge is -2.46. The molecule has 0 radical (unpaired) electrons. The Hall–Kier alpha value is 0.190. The molecule has 2 N–H and O–H groups in total. The smallest absolute Gasteiger partial charge is 0.0713 e. The van der Waals surface area contributed by atoms with Crippen molar-refractivity contribution in [2.24, 2.45) is 0 Å². The maximum absolute atomic E-state index is 9.14. The van der Waals surface area contributed by atoms with E-state index in [1.165, 1.54) is 11.5 Å². The summed E-state index contributed by atoms with van der Waals surface area (Å²) in [4.78, 5) is 2.23.